The molecule has 0 bridgehead atoms. The summed E-state index contributed by atoms with van der Waals surface area (Å²) in [6.45, 7) is 6.16. The Labute approximate surface area is 151 Å². The topological polar surface area (TPSA) is 60.4 Å². The molecule has 0 radical (unpaired) electrons. The van der Waals surface area contributed by atoms with Gasteiger partial charge in [-0.25, -0.2) is 0 Å². The first-order valence-electron chi connectivity index (χ1n) is 9.48. The minimum Gasteiger partial charge on any atom is -0.509 e. The maximum atomic E-state index is 11.3. The zero-order valence-corrected chi connectivity index (χ0v) is 14.9. The van der Waals surface area contributed by atoms with Gasteiger partial charge in [-0.05, 0) is 56.5 Å². The van der Waals surface area contributed by atoms with Gasteiger partial charge in [0.2, 0.25) is 6.79 Å². The smallest absolute Gasteiger partial charge is 0.231 e. The zero-order chi connectivity index (χ0) is 17.5. The lowest BCUT2D eigenvalue weighted by Gasteiger charge is -2.31. The molecule has 1 unspecified atom stereocenters. The molecule has 3 fully saturated rings. The van der Waals surface area contributed by atoms with Gasteiger partial charge in [0.05, 0.1) is 5.54 Å². The van der Waals surface area contributed by atoms with Crippen LogP contribution in [0.3, 0.4) is 0 Å². The summed E-state index contributed by atoms with van der Waals surface area (Å²) in [6, 6.07) is 4.13. The highest BCUT2D eigenvalue weighted by molar-refractivity contribution is 5.90. The number of piperidine rings is 1. The minimum atomic E-state index is -0.668. The Hall–Kier alpha value is -1.76. The maximum Gasteiger partial charge on any atom is 0.231 e. The van der Waals surface area contributed by atoms with Gasteiger partial charge in [0.25, 0.3) is 0 Å². The molecular weight excluding hydrogens is 334 g/mol. The Balaban J connectivity index is 1.51. The van der Waals surface area contributed by atoms with Crippen LogP contribution in [0.15, 0.2) is 17.9 Å². The third kappa shape index (κ3) is 1.23. The normalized spacial score (nSPS) is 43.0. The second-order valence-electron chi connectivity index (χ2n) is 8.76. The van der Waals surface area contributed by atoms with Crippen molar-refractivity contribution in [3.63, 3.8) is 0 Å². The molecule has 4 atom stereocenters. The van der Waals surface area contributed by atoms with Crippen molar-refractivity contribution in [2.45, 2.75) is 49.7 Å². The first-order valence-corrected chi connectivity index (χ1v) is 9.48. The molecule has 1 aromatic carbocycles. The summed E-state index contributed by atoms with van der Waals surface area (Å²) in [5.41, 5.74) is 2.60. The van der Waals surface area contributed by atoms with Crippen LogP contribution in [0.25, 0.3) is 5.57 Å². The second-order valence-corrected chi connectivity index (χ2v) is 8.76. The Morgan fingerprint density at radius 3 is 2.81 bits per heavy atom. The molecule has 2 aliphatic carbocycles. The molecule has 0 aromatic heterocycles. The van der Waals surface area contributed by atoms with Crippen molar-refractivity contribution in [1.82, 2.24) is 4.90 Å². The number of benzene rings is 1. The van der Waals surface area contributed by atoms with E-state index in [4.69, 9.17) is 18.9 Å². The van der Waals surface area contributed by atoms with Gasteiger partial charge in [0, 0.05) is 18.0 Å². The van der Waals surface area contributed by atoms with Crippen molar-refractivity contribution in [2.75, 3.05) is 19.9 Å². The average molecular weight is 355 g/mol. The van der Waals surface area contributed by atoms with Crippen LogP contribution in [0, 0.1) is 5.92 Å². The Kier molecular flexibility index (Phi) is 2.15. The van der Waals surface area contributed by atoms with Crippen molar-refractivity contribution in [3.8, 4) is 11.5 Å². The van der Waals surface area contributed by atoms with E-state index in [1.54, 1.807) is 0 Å². The van der Waals surface area contributed by atoms with Crippen LogP contribution < -0.4 is 9.47 Å². The third-order valence-corrected chi connectivity index (χ3v) is 7.33. The Bertz CT molecular complexity index is 923. The van der Waals surface area contributed by atoms with Crippen LogP contribution >= 0.6 is 0 Å². The van der Waals surface area contributed by atoms with E-state index in [0.29, 0.717) is 11.7 Å². The number of aliphatic hydroxyl groups is 1. The number of aliphatic hydroxyl groups excluding tert-OH is 1. The summed E-state index contributed by atoms with van der Waals surface area (Å²) in [6.07, 6.45) is 1.64. The summed E-state index contributed by atoms with van der Waals surface area (Å²) < 4.78 is 24.0. The summed E-state index contributed by atoms with van der Waals surface area (Å²) in [5, 5.41) is 11.3. The van der Waals surface area contributed by atoms with Crippen LogP contribution in [0.4, 0.5) is 0 Å². The van der Waals surface area contributed by atoms with Gasteiger partial charge in [-0.15, -0.1) is 0 Å². The van der Waals surface area contributed by atoms with E-state index in [0.717, 1.165) is 48.6 Å². The van der Waals surface area contributed by atoms with E-state index in [2.05, 4.69) is 17.0 Å². The molecule has 4 heterocycles. The molecular formula is C20H21NO5. The van der Waals surface area contributed by atoms with E-state index in [1.165, 1.54) is 5.56 Å². The van der Waals surface area contributed by atoms with Gasteiger partial charge in [0.15, 0.2) is 17.3 Å². The molecule has 1 N–H and O–H groups in total. The van der Waals surface area contributed by atoms with Gasteiger partial charge in [-0.1, -0.05) is 0 Å². The molecule has 1 saturated carbocycles. The number of hydrogen-bond acceptors (Lipinski definition) is 6. The summed E-state index contributed by atoms with van der Waals surface area (Å²) in [7, 11) is 0. The maximum absolute atomic E-state index is 11.3. The van der Waals surface area contributed by atoms with Gasteiger partial charge < -0.3 is 24.1 Å². The molecule has 4 aliphatic heterocycles. The summed E-state index contributed by atoms with van der Waals surface area (Å²) in [5.74, 6) is 1.62. The van der Waals surface area contributed by atoms with Crippen molar-refractivity contribution in [1.29, 1.82) is 0 Å². The Morgan fingerprint density at radius 1 is 1.15 bits per heavy atom. The molecule has 2 spiro atoms. The third-order valence-electron chi connectivity index (χ3n) is 7.33. The molecule has 6 nitrogen and oxygen atoms in total. The highest BCUT2D eigenvalue weighted by Crippen LogP contribution is 2.80. The lowest BCUT2D eigenvalue weighted by atomic mass is 9.91. The fraction of sp³-hybridized carbons (Fsp3) is 0.600. The zero-order valence-electron chi connectivity index (χ0n) is 14.9. The lowest BCUT2D eigenvalue weighted by molar-refractivity contribution is -0.156. The van der Waals surface area contributed by atoms with Crippen LogP contribution in [0.1, 0.15) is 31.4 Å². The lowest BCUT2D eigenvalue weighted by Crippen LogP contribution is -2.45. The van der Waals surface area contributed by atoms with Gasteiger partial charge in [0.1, 0.15) is 17.5 Å². The van der Waals surface area contributed by atoms with Crippen LogP contribution in [0.2, 0.25) is 0 Å². The number of rotatable bonds is 0. The fourth-order valence-electron chi connectivity index (χ4n) is 6.69. The number of nitrogens with zero attached hydrogens (tertiary/aromatic N) is 1. The molecule has 6 heteroatoms. The van der Waals surface area contributed by atoms with E-state index in [9.17, 15) is 5.11 Å². The van der Waals surface area contributed by atoms with Gasteiger partial charge in [-0.3, -0.25) is 4.90 Å². The van der Waals surface area contributed by atoms with Gasteiger partial charge >= 0.3 is 0 Å². The van der Waals surface area contributed by atoms with Crippen LogP contribution in [0.5, 0.6) is 11.5 Å². The minimum absolute atomic E-state index is 0.255. The first kappa shape index (κ1) is 14.3. The standard InChI is InChI=1S/C20H21NO5/c1-18(2)25-17-16(22)15-11-8-13-12(23-9-24-13)7-10(11)3-5-21-6-4-14-19(15,21)20(14,17)26-18/h7-8,14,17,22H,3-6,9H2,1-2H3/t14?,17-,19-,20-/m1/s1. The predicted octanol–water partition coefficient (Wildman–Crippen LogP) is 2.22. The second kappa shape index (κ2) is 3.91. The molecule has 0 amide bonds. The molecule has 7 rings (SSSR count). The largest absolute Gasteiger partial charge is 0.509 e. The number of ether oxygens (including phenoxy) is 4. The average Bonchev–Trinajstić information content (AvgIpc) is 3.04. The van der Waals surface area contributed by atoms with E-state index < -0.39 is 11.4 Å². The highest BCUT2D eigenvalue weighted by atomic mass is 16.8. The predicted molar refractivity (Wildman–Crippen MR) is 91.0 cm³/mol. The summed E-state index contributed by atoms with van der Waals surface area (Å²) in [4.78, 5) is 2.53. The highest BCUT2D eigenvalue weighted by Gasteiger charge is 2.93. The molecule has 26 heavy (non-hydrogen) atoms. The monoisotopic (exact) mass is 355 g/mol. The summed E-state index contributed by atoms with van der Waals surface area (Å²) >= 11 is 0. The van der Waals surface area contributed by atoms with E-state index in [1.807, 2.05) is 13.8 Å². The Morgan fingerprint density at radius 2 is 1.96 bits per heavy atom. The number of hydrogen-bond donors (Lipinski definition) is 1. The van der Waals surface area contributed by atoms with Gasteiger partial charge in [-0.2, -0.15) is 0 Å². The van der Waals surface area contributed by atoms with Crippen LogP contribution in [-0.2, 0) is 15.9 Å². The first-order chi connectivity index (χ1) is 12.5. The van der Waals surface area contributed by atoms with Crippen molar-refractivity contribution in [3.05, 3.63) is 29.0 Å². The van der Waals surface area contributed by atoms with Crippen molar-refractivity contribution < 1.29 is 24.1 Å². The molecule has 136 valence electrons. The molecule has 2 saturated heterocycles. The van der Waals surface area contributed by atoms with Crippen LogP contribution in [-0.4, -0.2) is 52.9 Å². The quantitative estimate of drug-likeness (QED) is 0.770. The molecule has 6 aliphatic rings. The molecule has 1 aromatic rings. The SMILES string of the molecule is CC1(C)O[C@@H]2C(O)=C3c4cc5c(cc4CCN4CCC6[C@]2(O1)[C@]364)OCO5. The van der Waals surface area contributed by atoms with E-state index in [-0.39, 0.29) is 18.4 Å². The number of fused-ring (bicyclic) bond motifs is 3. The van der Waals surface area contributed by atoms with E-state index >= 15 is 0 Å². The van der Waals surface area contributed by atoms with Crippen molar-refractivity contribution in [2.24, 2.45) is 5.92 Å². The fourth-order valence-corrected chi connectivity index (χ4v) is 6.69. The van der Waals surface area contributed by atoms with Crippen molar-refractivity contribution >= 4 is 5.57 Å².